The molecule has 0 spiro atoms. The lowest BCUT2D eigenvalue weighted by molar-refractivity contribution is 0.0697. The van der Waals surface area contributed by atoms with Gasteiger partial charge in [0.15, 0.2) is 0 Å². The fourth-order valence-corrected chi connectivity index (χ4v) is 2.01. The number of carbonyl (C=O) groups is 1. The first kappa shape index (κ1) is 14.6. The predicted molar refractivity (Wildman–Crippen MR) is 77.6 cm³/mol. The summed E-state index contributed by atoms with van der Waals surface area (Å²) in [5, 5.41) is 12.5. The van der Waals surface area contributed by atoms with Gasteiger partial charge in [0, 0.05) is 26.7 Å². The maximum atomic E-state index is 11.2. The van der Waals surface area contributed by atoms with Crippen molar-refractivity contribution in [3.63, 3.8) is 0 Å². The summed E-state index contributed by atoms with van der Waals surface area (Å²) < 4.78 is 5.03. The molecule has 2 rings (SSSR count). The van der Waals surface area contributed by atoms with Crippen LogP contribution in [-0.4, -0.2) is 49.4 Å². The maximum Gasteiger partial charge on any atom is 0.335 e. The molecule has 1 fully saturated rings. The summed E-state index contributed by atoms with van der Waals surface area (Å²) >= 11 is 0. The van der Waals surface area contributed by atoms with E-state index in [4.69, 9.17) is 4.74 Å². The van der Waals surface area contributed by atoms with Gasteiger partial charge in [0.25, 0.3) is 0 Å². The van der Waals surface area contributed by atoms with Crippen molar-refractivity contribution in [2.24, 2.45) is 0 Å². The van der Waals surface area contributed by atoms with Crippen LogP contribution in [-0.2, 0) is 4.74 Å². The second-order valence-corrected chi connectivity index (χ2v) is 5.09. The second kappa shape index (κ2) is 6.56. The lowest BCUT2D eigenvalue weighted by Crippen LogP contribution is -2.28. The molecule has 0 radical (unpaired) electrons. The molecular weight excluding hydrogens is 258 g/mol. The zero-order chi connectivity index (χ0) is 14.5. The second-order valence-electron chi connectivity index (χ2n) is 5.09. The van der Waals surface area contributed by atoms with Gasteiger partial charge >= 0.3 is 5.97 Å². The van der Waals surface area contributed by atoms with E-state index in [9.17, 15) is 9.90 Å². The van der Waals surface area contributed by atoms with Crippen molar-refractivity contribution in [1.29, 1.82) is 0 Å². The monoisotopic (exact) mass is 279 g/mol. The highest BCUT2D eigenvalue weighted by molar-refractivity contribution is 5.89. The highest BCUT2D eigenvalue weighted by atomic mass is 16.5. The average molecular weight is 279 g/mol. The summed E-state index contributed by atoms with van der Waals surface area (Å²) in [6.07, 6.45) is 3.46. The molecule has 0 amide bonds. The van der Waals surface area contributed by atoms with Crippen molar-refractivity contribution < 1.29 is 14.6 Å². The van der Waals surface area contributed by atoms with Crippen molar-refractivity contribution in [1.82, 2.24) is 4.98 Å². The molecule has 110 valence electrons. The topological polar surface area (TPSA) is 74.7 Å². The molecule has 0 aliphatic heterocycles. The van der Waals surface area contributed by atoms with Gasteiger partial charge in [-0.3, -0.25) is 0 Å². The van der Waals surface area contributed by atoms with Gasteiger partial charge in [0.2, 0.25) is 0 Å². The Kier molecular flexibility index (Phi) is 4.79. The molecule has 2 N–H and O–H groups in total. The number of hydrogen-bond donors (Lipinski definition) is 2. The van der Waals surface area contributed by atoms with Crippen LogP contribution in [0.5, 0.6) is 0 Å². The molecule has 1 saturated carbocycles. The summed E-state index contributed by atoms with van der Waals surface area (Å²) in [7, 11) is 3.51. The predicted octanol–water partition coefficient (Wildman–Crippen LogP) is 1.83. The van der Waals surface area contributed by atoms with Gasteiger partial charge < -0.3 is 20.1 Å². The van der Waals surface area contributed by atoms with Crippen molar-refractivity contribution in [3.8, 4) is 0 Å². The summed E-state index contributed by atoms with van der Waals surface area (Å²) in [6.45, 7) is 1.23. The summed E-state index contributed by atoms with van der Waals surface area (Å²) in [6, 6.07) is 3.60. The highest BCUT2D eigenvalue weighted by Crippen LogP contribution is 2.24. The smallest absolute Gasteiger partial charge is 0.335 e. The number of likely N-dealkylation sites (N-methyl/N-ethyl adjacent to an activating group) is 1. The van der Waals surface area contributed by atoms with Gasteiger partial charge in [-0.25, -0.2) is 9.78 Å². The zero-order valence-electron chi connectivity index (χ0n) is 11.9. The van der Waals surface area contributed by atoms with Gasteiger partial charge in [-0.2, -0.15) is 0 Å². The minimum Gasteiger partial charge on any atom is -0.478 e. The normalized spacial score (nSPS) is 14.7. The molecule has 0 atom stereocenters. The third-order valence-electron chi connectivity index (χ3n) is 3.54. The summed E-state index contributed by atoms with van der Waals surface area (Å²) in [5.41, 5.74) is 0.251. The van der Waals surface area contributed by atoms with Crippen molar-refractivity contribution in [3.05, 3.63) is 17.7 Å². The number of hydrogen-bond acceptors (Lipinski definition) is 5. The molecule has 0 unspecified atom stereocenters. The Bertz CT molecular complexity index is 475. The van der Waals surface area contributed by atoms with Crippen LogP contribution in [0.2, 0.25) is 0 Å². The summed E-state index contributed by atoms with van der Waals surface area (Å²) in [4.78, 5) is 17.6. The molecule has 1 aromatic heterocycles. The number of ether oxygens (including phenoxy) is 1. The first-order chi connectivity index (χ1) is 9.60. The zero-order valence-corrected chi connectivity index (χ0v) is 11.9. The molecule has 1 aromatic rings. The molecule has 20 heavy (non-hydrogen) atoms. The number of methoxy groups -OCH3 is 1. The lowest BCUT2D eigenvalue weighted by Gasteiger charge is -2.27. The van der Waals surface area contributed by atoms with E-state index < -0.39 is 5.97 Å². The molecule has 1 heterocycles. The van der Waals surface area contributed by atoms with E-state index >= 15 is 0 Å². The third-order valence-corrected chi connectivity index (χ3v) is 3.54. The van der Waals surface area contributed by atoms with E-state index in [-0.39, 0.29) is 5.56 Å². The van der Waals surface area contributed by atoms with Gasteiger partial charge in [-0.05, 0) is 31.4 Å². The van der Waals surface area contributed by atoms with Crippen LogP contribution in [0.1, 0.15) is 29.6 Å². The first-order valence-electron chi connectivity index (χ1n) is 6.82. The molecule has 1 aliphatic carbocycles. The average Bonchev–Trinajstić information content (AvgIpc) is 2.39. The minimum absolute atomic E-state index is 0.251. The van der Waals surface area contributed by atoms with Gasteiger partial charge in [-0.15, -0.1) is 0 Å². The molecule has 0 aromatic carbocycles. The van der Waals surface area contributed by atoms with E-state index in [1.54, 1.807) is 19.2 Å². The van der Waals surface area contributed by atoms with E-state index in [1.807, 2.05) is 11.9 Å². The van der Waals surface area contributed by atoms with E-state index in [1.165, 1.54) is 6.42 Å². The Morgan fingerprint density at radius 2 is 2.30 bits per heavy atom. The van der Waals surface area contributed by atoms with Crippen molar-refractivity contribution in [2.75, 3.05) is 37.5 Å². The number of aromatic nitrogens is 1. The Balaban J connectivity index is 2.18. The fourth-order valence-electron chi connectivity index (χ4n) is 2.01. The number of carboxylic acid groups (broad SMARTS) is 1. The number of carboxylic acids is 1. The molecular formula is C14H21N3O3. The number of nitrogens with one attached hydrogen (secondary N) is 1. The minimum atomic E-state index is -0.939. The molecule has 1 aliphatic rings. The largest absolute Gasteiger partial charge is 0.478 e. The van der Waals surface area contributed by atoms with Crippen LogP contribution in [0.4, 0.5) is 11.6 Å². The molecule has 0 bridgehead atoms. The number of rotatable bonds is 7. The number of pyridine rings is 1. The quantitative estimate of drug-likeness (QED) is 0.793. The van der Waals surface area contributed by atoms with E-state index in [0.29, 0.717) is 30.8 Å². The first-order valence-corrected chi connectivity index (χ1v) is 6.82. The number of nitrogens with zero attached hydrogens (tertiary/aromatic N) is 2. The van der Waals surface area contributed by atoms with Crippen LogP contribution in [0.25, 0.3) is 0 Å². The van der Waals surface area contributed by atoms with E-state index in [2.05, 4.69) is 10.3 Å². The van der Waals surface area contributed by atoms with Gasteiger partial charge in [0.1, 0.15) is 11.6 Å². The fraction of sp³-hybridized carbons (Fsp3) is 0.571. The Morgan fingerprint density at radius 1 is 1.55 bits per heavy atom. The molecule has 6 heteroatoms. The van der Waals surface area contributed by atoms with Gasteiger partial charge in [-0.1, -0.05) is 0 Å². The van der Waals surface area contributed by atoms with E-state index in [0.717, 1.165) is 12.8 Å². The number of aromatic carboxylic acids is 1. The molecule has 6 nitrogen and oxygen atoms in total. The van der Waals surface area contributed by atoms with Crippen molar-refractivity contribution >= 4 is 17.6 Å². The highest BCUT2D eigenvalue weighted by Gasteiger charge is 2.19. The maximum absolute atomic E-state index is 11.2. The molecule has 0 saturated heterocycles. The van der Waals surface area contributed by atoms with Crippen LogP contribution in [0.15, 0.2) is 12.1 Å². The van der Waals surface area contributed by atoms with Crippen LogP contribution in [0, 0.1) is 0 Å². The van der Waals surface area contributed by atoms with Crippen molar-refractivity contribution in [2.45, 2.75) is 25.3 Å². The van der Waals surface area contributed by atoms with Crippen LogP contribution < -0.4 is 10.2 Å². The van der Waals surface area contributed by atoms with Crippen LogP contribution in [0.3, 0.4) is 0 Å². The third kappa shape index (κ3) is 3.60. The number of anilines is 2. The summed E-state index contributed by atoms with van der Waals surface area (Å²) in [5.74, 6) is 0.336. The van der Waals surface area contributed by atoms with Gasteiger partial charge in [0.05, 0.1) is 12.2 Å². The Hall–Kier alpha value is -1.82. The lowest BCUT2D eigenvalue weighted by atomic mass is 9.93. The van der Waals surface area contributed by atoms with Crippen LogP contribution >= 0.6 is 0 Å². The Labute approximate surface area is 118 Å². The standard InChI is InChI=1S/C14H21N3O3/c1-17(6-7-20-2)13-9-10(14(18)19)8-12(16-13)15-11-4-3-5-11/h8-9,11H,3-7H2,1-2H3,(H,15,16)(H,18,19). The SMILES string of the molecule is COCCN(C)c1cc(C(=O)O)cc(NC2CCC2)n1. The Morgan fingerprint density at radius 3 is 2.85 bits per heavy atom.